The summed E-state index contributed by atoms with van der Waals surface area (Å²) in [5, 5.41) is 0. The normalized spacial score (nSPS) is 17.7. The van der Waals surface area contributed by atoms with Crippen molar-refractivity contribution in [2.45, 2.75) is 13.3 Å². The van der Waals surface area contributed by atoms with Crippen LogP contribution in [0.4, 0.5) is 5.82 Å². The average Bonchev–Trinajstić information content (AvgIpc) is 2.37. The molecular formula is C11H18N4O3S. The van der Waals surface area contributed by atoms with Crippen molar-refractivity contribution in [3.05, 3.63) is 22.2 Å². The first-order chi connectivity index (χ1) is 8.90. The van der Waals surface area contributed by atoms with Gasteiger partial charge < -0.3 is 9.88 Å². The Morgan fingerprint density at radius 2 is 1.95 bits per heavy atom. The van der Waals surface area contributed by atoms with Gasteiger partial charge in [-0.3, -0.25) is 4.79 Å². The van der Waals surface area contributed by atoms with Crippen molar-refractivity contribution in [3.8, 4) is 0 Å². The van der Waals surface area contributed by atoms with E-state index in [-0.39, 0.29) is 5.56 Å². The van der Waals surface area contributed by atoms with Crippen LogP contribution in [0.15, 0.2) is 10.9 Å². The molecule has 1 fully saturated rings. The Morgan fingerprint density at radius 1 is 1.32 bits per heavy atom. The molecule has 1 saturated heterocycles. The summed E-state index contributed by atoms with van der Waals surface area (Å²) in [4.78, 5) is 20.5. The smallest absolute Gasteiger partial charge is 0.252 e. The van der Waals surface area contributed by atoms with Crippen LogP contribution < -0.4 is 10.5 Å². The fourth-order valence-corrected chi connectivity index (χ4v) is 2.90. The molecule has 8 heteroatoms. The quantitative estimate of drug-likeness (QED) is 0.803. The van der Waals surface area contributed by atoms with Crippen molar-refractivity contribution in [2.75, 3.05) is 37.3 Å². The SMILES string of the molecule is CCc1nc(N2CCN(S(C)(=O)=O)CC2)cc(=O)[nH]1. The van der Waals surface area contributed by atoms with E-state index in [9.17, 15) is 13.2 Å². The second-order valence-corrected chi connectivity index (χ2v) is 6.54. The second-order valence-electron chi connectivity index (χ2n) is 4.55. The number of aromatic nitrogens is 2. The first-order valence-electron chi connectivity index (χ1n) is 6.20. The van der Waals surface area contributed by atoms with E-state index in [1.54, 1.807) is 0 Å². The molecule has 0 amide bonds. The standard InChI is InChI=1S/C11H18N4O3S/c1-3-9-12-10(8-11(16)13-9)14-4-6-15(7-5-14)19(2,17)18/h8H,3-7H2,1-2H3,(H,12,13,16). The Labute approximate surface area is 112 Å². The average molecular weight is 286 g/mol. The van der Waals surface area contributed by atoms with Crippen LogP contribution in [0.3, 0.4) is 0 Å². The lowest BCUT2D eigenvalue weighted by molar-refractivity contribution is 0.386. The third-order valence-electron chi connectivity index (χ3n) is 3.14. The number of rotatable bonds is 3. The molecule has 0 saturated carbocycles. The van der Waals surface area contributed by atoms with Crippen LogP contribution in [-0.4, -0.2) is 55.1 Å². The lowest BCUT2D eigenvalue weighted by Crippen LogP contribution is -2.48. The van der Waals surface area contributed by atoms with E-state index < -0.39 is 10.0 Å². The summed E-state index contributed by atoms with van der Waals surface area (Å²) in [6.45, 7) is 3.87. The second kappa shape index (κ2) is 5.30. The Kier molecular flexibility index (Phi) is 3.91. The molecule has 1 aromatic rings. The highest BCUT2D eigenvalue weighted by Gasteiger charge is 2.24. The topological polar surface area (TPSA) is 86.4 Å². The maximum Gasteiger partial charge on any atom is 0.252 e. The van der Waals surface area contributed by atoms with Gasteiger partial charge in [0.2, 0.25) is 10.0 Å². The van der Waals surface area contributed by atoms with E-state index in [0.29, 0.717) is 44.2 Å². The zero-order valence-corrected chi connectivity index (χ0v) is 11.9. The molecule has 0 atom stereocenters. The molecule has 1 aliphatic rings. The van der Waals surface area contributed by atoms with Crippen LogP contribution in [0.5, 0.6) is 0 Å². The van der Waals surface area contributed by atoms with Crippen molar-refractivity contribution < 1.29 is 8.42 Å². The molecule has 1 N–H and O–H groups in total. The molecule has 0 spiro atoms. The molecule has 106 valence electrons. The van der Waals surface area contributed by atoms with Crippen molar-refractivity contribution in [3.63, 3.8) is 0 Å². The predicted octanol–water partition coefficient (Wildman–Crippen LogP) is -0.586. The summed E-state index contributed by atoms with van der Waals surface area (Å²) in [6.07, 6.45) is 1.87. The number of nitrogens with zero attached hydrogens (tertiary/aromatic N) is 3. The van der Waals surface area contributed by atoms with Crippen LogP contribution in [0, 0.1) is 0 Å². The zero-order valence-electron chi connectivity index (χ0n) is 11.1. The summed E-state index contributed by atoms with van der Waals surface area (Å²) in [6, 6.07) is 1.45. The molecule has 0 aromatic carbocycles. The van der Waals surface area contributed by atoms with Crippen LogP contribution in [-0.2, 0) is 16.4 Å². The van der Waals surface area contributed by atoms with Crippen LogP contribution in [0.1, 0.15) is 12.7 Å². The minimum absolute atomic E-state index is 0.174. The van der Waals surface area contributed by atoms with Crippen molar-refractivity contribution in [2.24, 2.45) is 0 Å². The number of H-pyrrole nitrogens is 1. The maximum atomic E-state index is 11.5. The van der Waals surface area contributed by atoms with Crippen molar-refractivity contribution >= 4 is 15.8 Å². The van der Waals surface area contributed by atoms with Crippen molar-refractivity contribution in [1.29, 1.82) is 0 Å². The molecular weight excluding hydrogens is 268 g/mol. The van der Waals surface area contributed by atoms with Crippen LogP contribution >= 0.6 is 0 Å². The zero-order chi connectivity index (χ0) is 14.0. The monoisotopic (exact) mass is 286 g/mol. The highest BCUT2D eigenvalue weighted by atomic mass is 32.2. The summed E-state index contributed by atoms with van der Waals surface area (Å²) in [5.41, 5.74) is -0.174. The van der Waals surface area contributed by atoms with E-state index in [4.69, 9.17) is 0 Å². The summed E-state index contributed by atoms with van der Waals surface area (Å²) < 4.78 is 24.3. The van der Waals surface area contributed by atoms with Gasteiger partial charge >= 0.3 is 0 Å². The van der Waals surface area contributed by atoms with Gasteiger partial charge in [0.05, 0.1) is 6.26 Å². The molecule has 0 radical (unpaired) electrons. The predicted molar refractivity (Wildman–Crippen MR) is 72.9 cm³/mol. The first kappa shape index (κ1) is 14.0. The number of sulfonamides is 1. The lowest BCUT2D eigenvalue weighted by Gasteiger charge is -2.33. The van der Waals surface area contributed by atoms with Crippen molar-refractivity contribution in [1.82, 2.24) is 14.3 Å². The molecule has 2 rings (SSSR count). The lowest BCUT2D eigenvalue weighted by atomic mass is 10.3. The van der Waals surface area contributed by atoms with Gasteiger partial charge in [-0.1, -0.05) is 6.92 Å². The molecule has 0 aliphatic carbocycles. The third kappa shape index (κ3) is 3.32. The molecule has 2 heterocycles. The number of anilines is 1. The van der Waals surface area contributed by atoms with Gasteiger partial charge in [0, 0.05) is 38.7 Å². The minimum atomic E-state index is -3.13. The van der Waals surface area contributed by atoms with Gasteiger partial charge in [0.15, 0.2) is 0 Å². The van der Waals surface area contributed by atoms with Gasteiger partial charge in [-0.15, -0.1) is 0 Å². The largest absolute Gasteiger partial charge is 0.354 e. The summed E-state index contributed by atoms with van der Waals surface area (Å²) in [5.74, 6) is 1.27. The molecule has 0 unspecified atom stereocenters. The molecule has 7 nitrogen and oxygen atoms in total. The molecule has 19 heavy (non-hydrogen) atoms. The van der Waals surface area contributed by atoms with Gasteiger partial charge in [0.25, 0.3) is 5.56 Å². The van der Waals surface area contributed by atoms with Crippen LogP contribution in [0.25, 0.3) is 0 Å². The first-order valence-corrected chi connectivity index (χ1v) is 8.05. The highest BCUT2D eigenvalue weighted by molar-refractivity contribution is 7.88. The highest BCUT2D eigenvalue weighted by Crippen LogP contribution is 2.13. The Morgan fingerprint density at radius 3 is 2.47 bits per heavy atom. The van der Waals surface area contributed by atoms with E-state index in [2.05, 4.69) is 9.97 Å². The fraction of sp³-hybridized carbons (Fsp3) is 0.636. The Hall–Kier alpha value is -1.41. The number of hydrogen-bond acceptors (Lipinski definition) is 5. The van der Waals surface area contributed by atoms with E-state index in [0.717, 1.165) is 0 Å². The van der Waals surface area contributed by atoms with E-state index >= 15 is 0 Å². The molecule has 1 aliphatic heterocycles. The Balaban J connectivity index is 2.14. The summed E-state index contributed by atoms with van der Waals surface area (Å²) in [7, 11) is -3.13. The molecule has 0 bridgehead atoms. The number of aromatic amines is 1. The molecule has 1 aromatic heterocycles. The van der Waals surface area contributed by atoms with E-state index in [1.165, 1.54) is 16.6 Å². The number of hydrogen-bond donors (Lipinski definition) is 1. The Bertz CT molecular complexity index is 603. The van der Waals surface area contributed by atoms with Gasteiger partial charge in [0.1, 0.15) is 11.6 Å². The summed E-state index contributed by atoms with van der Waals surface area (Å²) >= 11 is 0. The van der Waals surface area contributed by atoms with Gasteiger partial charge in [-0.2, -0.15) is 4.31 Å². The number of nitrogens with one attached hydrogen (secondary N) is 1. The van der Waals surface area contributed by atoms with Gasteiger partial charge in [-0.05, 0) is 0 Å². The number of piperazine rings is 1. The van der Waals surface area contributed by atoms with E-state index in [1.807, 2.05) is 11.8 Å². The number of aryl methyl sites for hydroxylation is 1. The van der Waals surface area contributed by atoms with Crippen LogP contribution in [0.2, 0.25) is 0 Å². The maximum absolute atomic E-state index is 11.5. The minimum Gasteiger partial charge on any atom is -0.354 e. The third-order valence-corrected chi connectivity index (χ3v) is 4.45. The van der Waals surface area contributed by atoms with Gasteiger partial charge in [-0.25, -0.2) is 13.4 Å². The fourth-order valence-electron chi connectivity index (χ4n) is 2.07.